The van der Waals surface area contributed by atoms with Crippen LogP contribution in [0.3, 0.4) is 0 Å². The molecule has 0 N–H and O–H groups in total. The molecule has 1 aromatic carbocycles. The lowest BCUT2D eigenvalue weighted by molar-refractivity contribution is -0.205. The second kappa shape index (κ2) is 6.57. The van der Waals surface area contributed by atoms with E-state index in [0.717, 1.165) is 5.56 Å². The molecule has 1 aromatic rings. The number of carbonyl (C=O) groups is 1. The molecule has 0 aliphatic carbocycles. The van der Waals surface area contributed by atoms with Crippen molar-refractivity contribution in [3.8, 4) is 0 Å². The lowest BCUT2D eigenvalue weighted by atomic mass is 10.0. The van der Waals surface area contributed by atoms with Crippen molar-refractivity contribution >= 4 is 5.97 Å². The lowest BCUT2D eigenvalue weighted by Gasteiger charge is -2.27. The van der Waals surface area contributed by atoms with E-state index in [-0.39, 0.29) is 18.1 Å². The van der Waals surface area contributed by atoms with Gasteiger partial charge in [0.05, 0.1) is 19.8 Å². The van der Waals surface area contributed by atoms with Crippen molar-refractivity contribution in [1.82, 2.24) is 5.06 Å². The molecule has 3 rings (SSSR count). The van der Waals surface area contributed by atoms with E-state index in [2.05, 4.69) is 0 Å². The average Bonchev–Trinajstić information content (AvgIpc) is 3.11. The van der Waals surface area contributed by atoms with Crippen LogP contribution in [0.25, 0.3) is 0 Å². The van der Waals surface area contributed by atoms with Gasteiger partial charge >= 0.3 is 5.97 Å². The number of hydroxylamine groups is 2. The van der Waals surface area contributed by atoms with E-state index in [4.69, 9.17) is 19.0 Å². The van der Waals surface area contributed by atoms with E-state index in [0.29, 0.717) is 19.6 Å². The number of hydrogen-bond donors (Lipinski definition) is 0. The SMILES string of the molecule is COC(=O)[C@H]1C[C@@H]([C@H]2COC(C)(C)O2)N(Cc2ccccc2)O1. The van der Waals surface area contributed by atoms with Crippen LogP contribution in [0.4, 0.5) is 0 Å². The minimum atomic E-state index is -0.605. The fraction of sp³-hybridized carbons (Fsp3) is 0.588. The summed E-state index contributed by atoms with van der Waals surface area (Å²) in [7, 11) is 1.37. The van der Waals surface area contributed by atoms with Crippen LogP contribution >= 0.6 is 0 Å². The Bertz CT molecular complexity index is 547. The fourth-order valence-corrected chi connectivity index (χ4v) is 3.05. The summed E-state index contributed by atoms with van der Waals surface area (Å²) in [6.07, 6.45) is -0.201. The summed E-state index contributed by atoms with van der Waals surface area (Å²) in [5.41, 5.74) is 1.11. The highest BCUT2D eigenvalue weighted by Crippen LogP contribution is 2.33. The maximum Gasteiger partial charge on any atom is 0.337 e. The maximum atomic E-state index is 11.9. The Labute approximate surface area is 136 Å². The van der Waals surface area contributed by atoms with Crippen LogP contribution in [-0.4, -0.2) is 48.8 Å². The first-order valence-electron chi connectivity index (χ1n) is 7.85. The highest BCUT2D eigenvalue weighted by Gasteiger charge is 2.47. The van der Waals surface area contributed by atoms with Gasteiger partial charge in [0.1, 0.15) is 6.10 Å². The van der Waals surface area contributed by atoms with Crippen LogP contribution in [0.15, 0.2) is 30.3 Å². The molecule has 2 fully saturated rings. The van der Waals surface area contributed by atoms with Gasteiger partial charge in [-0.15, -0.1) is 0 Å². The Hall–Kier alpha value is -1.47. The van der Waals surface area contributed by atoms with E-state index >= 15 is 0 Å². The predicted octanol–water partition coefficient (Wildman–Crippen LogP) is 1.89. The molecule has 2 aliphatic heterocycles. The zero-order valence-electron chi connectivity index (χ0n) is 13.7. The van der Waals surface area contributed by atoms with E-state index < -0.39 is 11.9 Å². The highest BCUT2D eigenvalue weighted by molar-refractivity contribution is 5.74. The number of rotatable bonds is 4. The molecule has 0 spiro atoms. The molecule has 0 aromatic heterocycles. The fourth-order valence-electron chi connectivity index (χ4n) is 3.05. The van der Waals surface area contributed by atoms with Gasteiger partial charge in [-0.25, -0.2) is 4.79 Å². The number of esters is 1. The monoisotopic (exact) mass is 321 g/mol. The summed E-state index contributed by atoms with van der Waals surface area (Å²) in [4.78, 5) is 17.7. The van der Waals surface area contributed by atoms with Gasteiger partial charge in [0, 0.05) is 13.0 Å². The van der Waals surface area contributed by atoms with Crippen LogP contribution in [0.1, 0.15) is 25.8 Å². The first-order chi connectivity index (χ1) is 11.0. The van der Waals surface area contributed by atoms with Crippen LogP contribution in [0, 0.1) is 0 Å². The zero-order chi connectivity index (χ0) is 16.4. The zero-order valence-corrected chi connectivity index (χ0v) is 13.7. The normalized spacial score (nSPS) is 30.5. The highest BCUT2D eigenvalue weighted by atomic mass is 16.8. The number of carbonyl (C=O) groups excluding carboxylic acids is 1. The summed E-state index contributed by atoms with van der Waals surface area (Å²) in [5, 5.41) is 1.83. The number of hydrogen-bond acceptors (Lipinski definition) is 6. The van der Waals surface area contributed by atoms with Gasteiger partial charge in [0.15, 0.2) is 11.9 Å². The molecule has 23 heavy (non-hydrogen) atoms. The molecule has 0 radical (unpaired) electrons. The third-order valence-corrected chi connectivity index (χ3v) is 4.19. The van der Waals surface area contributed by atoms with Crippen LogP contribution in [0.5, 0.6) is 0 Å². The summed E-state index contributed by atoms with van der Waals surface area (Å²) in [6, 6.07) is 9.94. The van der Waals surface area contributed by atoms with Crippen molar-refractivity contribution in [2.45, 2.75) is 50.8 Å². The Morgan fingerprint density at radius 2 is 2.09 bits per heavy atom. The van der Waals surface area contributed by atoms with Crippen LogP contribution < -0.4 is 0 Å². The van der Waals surface area contributed by atoms with Gasteiger partial charge in [-0.3, -0.25) is 4.84 Å². The minimum Gasteiger partial charge on any atom is -0.467 e. The smallest absolute Gasteiger partial charge is 0.337 e. The van der Waals surface area contributed by atoms with Crippen molar-refractivity contribution in [2.24, 2.45) is 0 Å². The molecular formula is C17H23NO5. The van der Waals surface area contributed by atoms with Crippen molar-refractivity contribution in [3.05, 3.63) is 35.9 Å². The van der Waals surface area contributed by atoms with Crippen LogP contribution in [0.2, 0.25) is 0 Å². The number of nitrogens with zero attached hydrogens (tertiary/aromatic N) is 1. The molecule has 3 atom stereocenters. The minimum absolute atomic E-state index is 0.0546. The number of methoxy groups -OCH3 is 1. The standard InChI is InChI=1S/C17H23NO5/c1-17(2)21-11-15(22-17)13-9-14(16(19)20-3)23-18(13)10-12-7-5-4-6-8-12/h4-8,13-15H,9-11H2,1-3H3/t13-,14+,15+/m0/s1. The van der Waals surface area contributed by atoms with E-state index in [1.807, 2.05) is 49.2 Å². The number of ether oxygens (including phenoxy) is 3. The largest absolute Gasteiger partial charge is 0.467 e. The summed E-state index contributed by atoms with van der Waals surface area (Å²) in [5.74, 6) is -0.962. The van der Waals surface area contributed by atoms with Crippen molar-refractivity contribution in [3.63, 3.8) is 0 Å². The summed E-state index contributed by atoms with van der Waals surface area (Å²) < 4.78 is 16.5. The summed E-state index contributed by atoms with van der Waals surface area (Å²) >= 11 is 0. The molecule has 0 amide bonds. The van der Waals surface area contributed by atoms with Crippen molar-refractivity contribution in [1.29, 1.82) is 0 Å². The molecular weight excluding hydrogens is 298 g/mol. The molecule has 2 saturated heterocycles. The summed E-state index contributed by atoms with van der Waals surface area (Å²) in [6.45, 7) is 4.85. The van der Waals surface area contributed by atoms with E-state index in [1.165, 1.54) is 7.11 Å². The van der Waals surface area contributed by atoms with Gasteiger partial charge in [-0.2, -0.15) is 5.06 Å². The van der Waals surface area contributed by atoms with Gasteiger partial charge in [0.25, 0.3) is 0 Å². The molecule has 6 heteroatoms. The molecule has 0 bridgehead atoms. The third kappa shape index (κ3) is 3.72. The third-order valence-electron chi connectivity index (χ3n) is 4.19. The van der Waals surface area contributed by atoms with E-state index in [1.54, 1.807) is 0 Å². The predicted molar refractivity (Wildman–Crippen MR) is 82.2 cm³/mol. The molecule has 2 heterocycles. The second-order valence-corrected chi connectivity index (χ2v) is 6.35. The Balaban J connectivity index is 1.74. The van der Waals surface area contributed by atoms with Crippen LogP contribution in [-0.2, 0) is 30.4 Å². The Morgan fingerprint density at radius 3 is 2.70 bits per heavy atom. The number of benzene rings is 1. The average molecular weight is 321 g/mol. The molecule has 126 valence electrons. The molecule has 6 nitrogen and oxygen atoms in total. The lowest BCUT2D eigenvalue weighted by Crippen LogP contribution is -2.40. The van der Waals surface area contributed by atoms with E-state index in [9.17, 15) is 4.79 Å². The van der Waals surface area contributed by atoms with Crippen molar-refractivity contribution < 1.29 is 23.8 Å². The maximum absolute atomic E-state index is 11.9. The van der Waals surface area contributed by atoms with Gasteiger partial charge in [-0.1, -0.05) is 30.3 Å². The quantitative estimate of drug-likeness (QED) is 0.789. The second-order valence-electron chi connectivity index (χ2n) is 6.35. The molecule has 0 saturated carbocycles. The molecule has 0 unspecified atom stereocenters. The van der Waals surface area contributed by atoms with Gasteiger partial charge in [0.2, 0.25) is 0 Å². The Morgan fingerprint density at radius 1 is 1.35 bits per heavy atom. The van der Waals surface area contributed by atoms with Gasteiger partial charge in [-0.05, 0) is 19.4 Å². The first-order valence-corrected chi connectivity index (χ1v) is 7.85. The van der Waals surface area contributed by atoms with Crippen molar-refractivity contribution in [2.75, 3.05) is 13.7 Å². The first kappa shape index (κ1) is 16.4. The molecule has 2 aliphatic rings. The topological polar surface area (TPSA) is 57.2 Å². The van der Waals surface area contributed by atoms with Gasteiger partial charge < -0.3 is 14.2 Å². The Kier molecular flexibility index (Phi) is 4.68.